The number of amides is 2. The number of benzene rings is 1. The summed E-state index contributed by atoms with van der Waals surface area (Å²) in [5, 5.41) is 11.0. The zero-order valence-electron chi connectivity index (χ0n) is 18.6. The highest BCUT2D eigenvalue weighted by Crippen LogP contribution is 2.40. The average molecular weight is 434 g/mol. The molecule has 2 unspecified atom stereocenters. The lowest BCUT2D eigenvalue weighted by Gasteiger charge is -2.38. The average Bonchev–Trinajstić information content (AvgIpc) is 3.51. The number of carbonyl (C=O) groups excluding carboxylic acids is 2. The standard InChI is InChI=1S/C25H31N5O2/c1-17-13-22(17)25(32)29-11-8-19(9-12-29)14-18-4-6-21(7-5-18)27-24(31)20-15-30(16-20)23-3-2-10-26-28-23/h2-7,10,17,19-20,22H,8-9,11-16H2,1H3,(H,27,31). The molecule has 3 fully saturated rings. The van der Waals surface area contributed by atoms with Crippen LogP contribution in [0, 0.1) is 23.7 Å². The van der Waals surface area contributed by atoms with Gasteiger partial charge in [-0.25, -0.2) is 0 Å². The van der Waals surface area contributed by atoms with Crippen LogP contribution in [-0.4, -0.2) is 53.1 Å². The first-order valence-electron chi connectivity index (χ1n) is 11.8. The number of carbonyl (C=O) groups is 2. The van der Waals surface area contributed by atoms with Gasteiger partial charge in [0, 0.05) is 44.0 Å². The normalized spacial score (nSPS) is 23.5. The van der Waals surface area contributed by atoms with Gasteiger partial charge in [-0.3, -0.25) is 9.59 Å². The van der Waals surface area contributed by atoms with Gasteiger partial charge >= 0.3 is 0 Å². The minimum Gasteiger partial charge on any atom is -0.353 e. The molecule has 2 aromatic rings. The van der Waals surface area contributed by atoms with E-state index in [0.717, 1.165) is 50.3 Å². The first-order chi connectivity index (χ1) is 15.6. The summed E-state index contributed by atoms with van der Waals surface area (Å²) >= 11 is 0. The molecule has 0 bridgehead atoms. The molecule has 7 nitrogen and oxygen atoms in total. The van der Waals surface area contributed by atoms with Crippen LogP contribution in [0.25, 0.3) is 0 Å². The molecule has 3 aliphatic rings. The lowest BCUT2D eigenvalue weighted by Crippen LogP contribution is -2.52. The second-order valence-electron chi connectivity index (χ2n) is 9.66. The molecule has 32 heavy (non-hydrogen) atoms. The molecule has 5 rings (SSSR count). The van der Waals surface area contributed by atoms with Crippen LogP contribution in [0.3, 0.4) is 0 Å². The predicted octanol–water partition coefficient (Wildman–Crippen LogP) is 2.99. The maximum Gasteiger partial charge on any atom is 0.231 e. The van der Waals surface area contributed by atoms with Crippen molar-refractivity contribution in [2.75, 3.05) is 36.4 Å². The minimum atomic E-state index is -0.0248. The van der Waals surface area contributed by atoms with Crippen LogP contribution in [-0.2, 0) is 16.0 Å². The molecule has 1 N–H and O–H groups in total. The van der Waals surface area contributed by atoms with Crippen LogP contribution >= 0.6 is 0 Å². The number of likely N-dealkylation sites (tertiary alicyclic amines) is 1. The molecular weight excluding hydrogens is 402 g/mol. The first-order valence-corrected chi connectivity index (χ1v) is 11.8. The van der Waals surface area contributed by atoms with E-state index >= 15 is 0 Å². The van der Waals surface area contributed by atoms with E-state index in [1.54, 1.807) is 6.20 Å². The summed E-state index contributed by atoms with van der Waals surface area (Å²) in [6, 6.07) is 12.0. The van der Waals surface area contributed by atoms with E-state index in [2.05, 4.69) is 44.4 Å². The molecule has 1 aromatic heterocycles. The van der Waals surface area contributed by atoms with Gasteiger partial charge in [-0.05, 0) is 67.3 Å². The summed E-state index contributed by atoms with van der Waals surface area (Å²) in [6.45, 7) is 5.30. The molecule has 0 radical (unpaired) electrons. The zero-order chi connectivity index (χ0) is 22.1. The van der Waals surface area contributed by atoms with E-state index in [1.165, 1.54) is 5.56 Å². The molecular formula is C25H31N5O2. The van der Waals surface area contributed by atoms with Gasteiger partial charge in [0.25, 0.3) is 0 Å². The van der Waals surface area contributed by atoms with Gasteiger partial charge in [-0.2, -0.15) is 5.10 Å². The van der Waals surface area contributed by atoms with Crippen molar-refractivity contribution in [1.29, 1.82) is 0 Å². The zero-order valence-corrected chi connectivity index (χ0v) is 18.6. The minimum absolute atomic E-state index is 0.0248. The Balaban J connectivity index is 1.05. The van der Waals surface area contributed by atoms with Crippen molar-refractivity contribution in [3.63, 3.8) is 0 Å². The third-order valence-electron chi connectivity index (χ3n) is 7.23. The predicted molar refractivity (Wildman–Crippen MR) is 123 cm³/mol. The fourth-order valence-corrected chi connectivity index (χ4v) is 4.85. The molecule has 2 saturated heterocycles. The van der Waals surface area contributed by atoms with Gasteiger partial charge in [0.1, 0.15) is 0 Å². The number of nitrogens with one attached hydrogen (secondary N) is 1. The fourth-order valence-electron chi connectivity index (χ4n) is 4.85. The van der Waals surface area contributed by atoms with Gasteiger partial charge < -0.3 is 15.1 Å². The molecule has 3 heterocycles. The second-order valence-corrected chi connectivity index (χ2v) is 9.66. The van der Waals surface area contributed by atoms with E-state index in [-0.39, 0.29) is 11.8 Å². The fraction of sp³-hybridized carbons (Fsp3) is 0.520. The van der Waals surface area contributed by atoms with Crippen molar-refractivity contribution < 1.29 is 9.59 Å². The Morgan fingerprint density at radius 2 is 1.81 bits per heavy atom. The Kier molecular flexibility index (Phi) is 5.81. The highest BCUT2D eigenvalue weighted by molar-refractivity contribution is 5.94. The van der Waals surface area contributed by atoms with Gasteiger partial charge in [-0.1, -0.05) is 19.1 Å². The van der Waals surface area contributed by atoms with Gasteiger partial charge in [0.05, 0.1) is 5.92 Å². The Morgan fingerprint density at radius 3 is 2.44 bits per heavy atom. The van der Waals surface area contributed by atoms with Crippen molar-refractivity contribution in [3.05, 3.63) is 48.2 Å². The molecule has 2 amide bonds. The van der Waals surface area contributed by atoms with Crippen molar-refractivity contribution in [2.24, 2.45) is 23.7 Å². The van der Waals surface area contributed by atoms with Crippen molar-refractivity contribution in [2.45, 2.75) is 32.6 Å². The van der Waals surface area contributed by atoms with E-state index in [4.69, 9.17) is 0 Å². The Hall–Kier alpha value is -2.96. The summed E-state index contributed by atoms with van der Waals surface area (Å²) < 4.78 is 0. The van der Waals surface area contributed by atoms with Crippen LogP contribution < -0.4 is 10.2 Å². The van der Waals surface area contributed by atoms with Crippen LogP contribution in [0.4, 0.5) is 11.5 Å². The van der Waals surface area contributed by atoms with Crippen LogP contribution in [0.2, 0.25) is 0 Å². The number of nitrogens with zero attached hydrogens (tertiary/aromatic N) is 4. The largest absolute Gasteiger partial charge is 0.353 e. The second kappa shape index (κ2) is 8.88. The molecule has 1 aromatic carbocycles. The lowest BCUT2D eigenvalue weighted by molar-refractivity contribution is -0.134. The maximum absolute atomic E-state index is 12.5. The Bertz CT molecular complexity index is 950. The van der Waals surface area contributed by atoms with Crippen LogP contribution in [0.15, 0.2) is 42.6 Å². The number of rotatable bonds is 6. The SMILES string of the molecule is CC1CC1C(=O)N1CCC(Cc2ccc(NC(=O)C3CN(c4cccnn4)C3)cc2)CC1. The molecule has 2 atom stereocenters. The Morgan fingerprint density at radius 1 is 1.09 bits per heavy atom. The maximum atomic E-state index is 12.5. The molecule has 168 valence electrons. The van der Waals surface area contributed by atoms with E-state index in [9.17, 15) is 9.59 Å². The summed E-state index contributed by atoms with van der Waals surface area (Å²) in [5.41, 5.74) is 2.14. The molecule has 0 spiro atoms. The third-order valence-corrected chi connectivity index (χ3v) is 7.23. The molecule has 1 saturated carbocycles. The van der Waals surface area contributed by atoms with Crippen molar-refractivity contribution in [3.8, 4) is 0 Å². The van der Waals surface area contributed by atoms with E-state index in [0.29, 0.717) is 36.8 Å². The number of aromatic nitrogens is 2. The summed E-state index contributed by atoms with van der Waals surface area (Å²) in [4.78, 5) is 29.1. The first kappa shape index (κ1) is 20.9. The number of anilines is 2. The highest BCUT2D eigenvalue weighted by Gasteiger charge is 2.42. The topological polar surface area (TPSA) is 78.4 Å². The lowest BCUT2D eigenvalue weighted by atomic mass is 9.90. The van der Waals surface area contributed by atoms with E-state index in [1.807, 2.05) is 24.3 Å². The van der Waals surface area contributed by atoms with Crippen molar-refractivity contribution >= 4 is 23.3 Å². The molecule has 2 aliphatic heterocycles. The quantitative estimate of drug-likeness (QED) is 0.758. The Labute approximate surface area is 189 Å². The monoisotopic (exact) mass is 433 g/mol. The molecule has 7 heteroatoms. The summed E-state index contributed by atoms with van der Waals surface area (Å²) in [5.74, 6) is 2.73. The van der Waals surface area contributed by atoms with Crippen LogP contribution in [0.1, 0.15) is 31.7 Å². The highest BCUT2D eigenvalue weighted by atomic mass is 16.2. The van der Waals surface area contributed by atoms with Gasteiger partial charge in [0.2, 0.25) is 11.8 Å². The molecule has 1 aliphatic carbocycles. The third kappa shape index (κ3) is 4.61. The van der Waals surface area contributed by atoms with Gasteiger partial charge in [-0.15, -0.1) is 5.10 Å². The smallest absolute Gasteiger partial charge is 0.231 e. The van der Waals surface area contributed by atoms with Crippen molar-refractivity contribution in [1.82, 2.24) is 15.1 Å². The van der Waals surface area contributed by atoms with Gasteiger partial charge in [0.15, 0.2) is 5.82 Å². The summed E-state index contributed by atoms with van der Waals surface area (Å²) in [7, 11) is 0. The van der Waals surface area contributed by atoms with Crippen LogP contribution in [0.5, 0.6) is 0 Å². The summed E-state index contributed by atoms with van der Waals surface area (Å²) in [6.07, 6.45) is 5.91. The number of hydrogen-bond acceptors (Lipinski definition) is 5. The van der Waals surface area contributed by atoms with E-state index < -0.39 is 0 Å². The number of piperidine rings is 1. The number of hydrogen-bond donors (Lipinski definition) is 1.